The molecule has 0 aliphatic carbocycles. The molecule has 7 rings (SSSR count). The first-order valence-corrected chi connectivity index (χ1v) is 13.5. The van der Waals surface area contributed by atoms with Crippen LogP contribution in [0.1, 0.15) is 50.7 Å². The monoisotopic (exact) mass is 701 g/mol. The maximum absolute atomic E-state index is 6.71. The topological polar surface area (TPSA) is 44.2 Å². The van der Waals surface area contributed by atoms with Crippen LogP contribution in [0.15, 0.2) is 79.1 Å². The number of fused-ring (bicyclic) bond motifs is 4. The largest absolute Gasteiger partial charge is 2.00 e. The normalized spacial score (nSPS) is 12.6. The molecule has 2 aromatic heterocycles. The van der Waals surface area contributed by atoms with Gasteiger partial charge in [-0.05, 0) is 52.5 Å². The Kier molecular flexibility index (Phi) is 6.88. The van der Waals surface area contributed by atoms with E-state index in [9.17, 15) is 0 Å². The minimum atomic E-state index is -0.147. The summed E-state index contributed by atoms with van der Waals surface area (Å²) < 4.78 is 13.4. The van der Waals surface area contributed by atoms with Gasteiger partial charge in [-0.15, -0.1) is 58.5 Å². The first-order valence-electron chi connectivity index (χ1n) is 13.5. The van der Waals surface area contributed by atoms with Gasteiger partial charge in [0.25, 0.3) is 0 Å². The minimum Gasteiger partial charge on any atom is -0.502 e. The van der Waals surface area contributed by atoms with Crippen LogP contribution in [0.25, 0.3) is 22.5 Å². The summed E-state index contributed by atoms with van der Waals surface area (Å²) in [7, 11) is 0. The van der Waals surface area contributed by atoms with Crippen LogP contribution in [0.4, 0.5) is 0 Å². The van der Waals surface area contributed by atoms with Crippen molar-refractivity contribution < 1.29 is 30.5 Å². The van der Waals surface area contributed by atoms with Crippen molar-refractivity contribution in [3.63, 3.8) is 0 Å². The second-order valence-electron chi connectivity index (χ2n) is 10.8. The second-order valence-corrected chi connectivity index (χ2v) is 10.8. The zero-order valence-corrected chi connectivity index (χ0v) is 25.0. The summed E-state index contributed by atoms with van der Waals surface area (Å²) in [5.41, 5.74) is 9.01. The Labute approximate surface area is 250 Å². The summed E-state index contributed by atoms with van der Waals surface area (Å²) in [6.07, 6.45) is 3.63. The smallest absolute Gasteiger partial charge is 0.502 e. The Balaban J connectivity index is 0.00000289. The van der Waals surface area contributed by atoms with Crippen molar-refractivity contribution >= 4 is 23.1 Å². The van der Waals surface area contributed by atoms with Gasteiger partial charge in [0.05, 0.1) is 0 Å². The second kappa shape index (κ2) is 10.4. The fourth-order valence-electron chi connectivity index (χ4n) is 5.66. The number of ether oxygens (including phenoxy) is 2. The molecule has 40 heavy (non-hydrogen) atoms. The van der Waals surface area contributed by atoms with E-state index in [2.05, 4.69) is 68.0 Å². The molecule has 0 unspecified atom stereocenters. The van der Waals surface area contributed by atoms with Crippen LogP contribution in [-0.4, -0.2) is 16.7 Å². The first-order chi connectivity index (χ1) is 19.0. The van der Waals surface area contributed by atoms with E-state index in [1.54, 1.807) is 0 Å². The van der Waals surface area contributed by atoms with E-state index in [-0.39, 0.29) is 39.6 Å². The molecule has 3 aromatic carbocycles. The molecule has 5 aromatic rings. The first kappa shape index (κ1) is 26.5. The van der Waals surface area contributed by atoms with Crippen LogP contribution in [0, 0.1) is 12.1 Å². The van der Waals surface area contributed by atoms with E-state index < -0.39 is 0 Å². The van der Waals surface area contributed by atoms with Gasteiger partial charge >= 0.3 is 21.1 Å². The molecular formula is C34H27BN2O2Pt. The van der Waals surface area contributed by atoms with Gasteiger partial charge in [0.15, 0.2) is 0 Å². The van der Waals surface area contributed by atoms with Crippen molar-refractivity contribution in [1.82, 2.24) is 9.97 Å². The Morgan fingerprint density at radius 3 is 1.52 bits per heavy atom. The fraction of sp³-hybridized carbons (Fsp3) is 0.176. The Hall–Kier alpha value is -3.69. The predicted octanol–water partition coefficient (Wildman–Crippen LogP) is 6.38. The van der Waals surface area contributed by atoms with Crippen LogP contribution in [0.3, 0.4) is 0 Å². The van der Waals surface area contributed by atoms with Gasteiger partial charge in [-0.2, -0.15) is 0 Å². The summed E-state index contributed by atoms with van der Waals surface area (Å²) in [4.78, 5) is 9.17. The molecule has 2 aliphatic rings. The van der Waals surface area contributed by atoms with Crippen molar-refractivity contribution in [2.75, 3.05) is 0 Å². The Morgan fingerprint density at radius 1 is 0.650 bits per heavy atom. The van der Waals surface area contributed by atoms with E-state index in [1.807, 2.05) is 60.9 Å². The molecule has 0 saturated heterocycles. The molecule has 2 aliphatic heterocycles. The molecule has 0 spiro atoms. The standard InChI is InChI=1S/C34H27BN2O2.Pt/c1-20(2)24-19-25(21(3)4)34-32-33(24)38-30-13-11-22(28-9-5-7-15-36-28)17-26(30)35(32)27-18-23(12-14-31(27)39-34)29-10-6-8-16-37-29;/h5-16,19-21H,1-4H3;/q-2;+2. The Bertz CT molecular complexity index is 1600. The number of hydrogen-bond acceptors (Lipinski definition) is 4. The average molecular weight is 701 g/mol. The van der Waals surface area contributed by atoms with Crippen LogP contribution in [0.5, 0.6) is 23.0 Å². The van der Waals surface area contributed by atoms with E-state index in [0.29, 0.717) is 0 Å². The van der Waals surface area contributed by atoms with Gasteiger partial charge in [-0.25, -0.2) is 0 Å². The minimum absolute atomic E-state index is 0. The summed E-state index contributed by atoms with van der Waals surface area (Å²) in [6, 6.07) is 29.7. The van der Waals surface area contributed by atoms with E-state index in [4.69, 9.17) is 9.47 Å². The van der Waals surface area contributed by atoms with Crippen molar-refractivity contribution in [3.8, 4) is 45.5 Å². The van der Waals surface area contributed by atoms with Gasteiger partial charge < -0.3 is 19.4 Å². The van der Waals surface area contributed by atoms with Crippen molar-refractivity contribution in [3.05, 3.63) is 102 Å². The number of benzene rings is 3. The molecular weight excluding hydrogens is 674 g/mol. The number of rotatable bonds is 4. The van der Waals surface area contributed by atoms with E-state index in [1.165, 1.54) is 11.1 Å². The maximum Gasteiger partial charge on any atom is 2.00 e. The van der Waals surface area contributed by atoms with Crippen LogP contribution >= 0.6 is 0 Å². The van der Waals surface area contributed by atoms with Crippen LogP contribution in [-0.2, 0) is 21.1 Å². The number of aromatic nitrogens is 2. The summed E-state index contributed by atoms with van der Waals surface area (Å²) in [5.74, 6) is 3.97. The van der Waals surface area contributed by atoms with Gasteiger partial charge in [-0.1, -0.05) is 52.0 Å². The van der Waals surface area contributed by atoms with Gasteiger partial charge in [0.2, 0.25) is 6.71 Å². The summed E-state index contributed by atoms with van der Waals surface area (Å²) in [5, 5.41) is 0. The molecule has 198 valence electrons. The van der Waals surface area contributed by atoms with Gasteiger partial charge in [-0.3, -0.25) is 0 Å². The molecule has 0 fully saturated rings. The molecule has 0 radical (unpaired) electrons. The third-order valence-corrected chi connectivity index (χ3v) is 7.61. The van der Waals surface area contributed by atoms with Crippen molar-refractivity contribution in [2.45, 2.75) is 39.5 Å². The van der Waals surface area contributed by atoms with Gasteiger partial charge in [0.1, 0.15) is 11.5 Å². The number of nitrogens with zero attached hydrogens (tertiary/aromatic N) is 2. The molecule has 6 heteroatoms. The summed E-state index contributed by atoms with van der Waals surface area (Å²) >= 11 is 0. The van der Waals surface area contributed by atoms with E-state index in [0.717, 1.165) is 61.9 Å². The molecule has 0 bridgehead atoms. The molecule has 0 saturated carbocycles. The Morgan fingerprint density at radius 2 is 1.12 bits per heavy atom. The third kappa shape index (κ3) is 4.28. The summed E-state index contributed by atoms with van der Waals surface area (Å²) in [6.45, 7) is 8.72. The molecule has 4 nitrogen and oxygen atoms in total. The zero-order chi connectivity index (χ0) is 26.7. The van der Waals surface area contributed by atoms with Crippen LogP contribution in [0.2, 0.25) is 0 Å². The van der Waals surface area contributed by atoms with Crippen molar-refractivity contribution in [2.24, 2.45) is 0 Å². The molecule has 4 heterocycles. The van der Waals surface area contributed by atoms with Crippen LogP contribution < -0.4 is 25.9 Å². The quantitative estimate of drug-likeness (QED) is 0.158. The zero-order valence-electron chi connectivity index (χ0n) is 22.8. The average Bonchev–Trinajstić information content (AvgIpc) is 2.97. The fourth-order valence-corrected chi connectivity index (χ4v) is 5.66. The van der Waals surface area contributed by atoms with Crippen molar-refractivity contribution in [1.29, 1.82) is 0 Å². The third-order valence-electron chi connectivity index (χ3n) is 7.61. The molecule has 0 amide bonds. The number of pyridine rings is 2. The number of hydrogen-bond donors (Lipinski definition) is 0. The molecule has 0 N–H and O–H groups in total. The van der Waals surface area contributed by atoms with E-state index >= 15 is 0 Å². The maximum atomic E-state index is 6.71. The molecule has 0 atom stereocenters. The SMILES string of the molecule is CC(C)c1cc(C(C)C)c2c3c1Oc1ccc(-c4ccccn4)[c-]c1B3c1[c-]c(-c3ccccn3)ccc1O2.[Pt+2]. The van der Waals surface area contributed by atoms with Gasteiger partial charge in [0, 0.05) is 29.4 Å². The predicted molar refractivity (Wildman–Crippen MR) is 156 cm³/mol.